The average Bonchev–Trinajstić information content (AvgIpc) is 2.93. The van der Waals surface area contributed by atoms with Crippen LogP contribution in [0.5, 0.6) is 0 Å². The molecule has 0 aliphatic rings. The predicted molar refractivity (Wildman–Crippen MR) is 110 cm³/mol. The van der Waals surface area contributed by atoms with Gasteiger partial charge in [-0.3, -0.25) is 4.79 Å². The number of aryl methyl sites for hydroxylation is 2. The molecule has 2 aromatic rings. The summed E-state index contributed by atoms with van der Waals surface area (Å²) in [5.41, 5.74) is 3.63. The zero-order chi connectivity index (χ0) is 20.5. The summed E-state index contributed by atoms with van der Waals surface area (Å²) in [6.45, 7) is 6.71. The van der Waals surface area contributed by atoms with E-state index >= 15 is 0 Å². The van der Waals surface area contributed by atoms with Crippen LogP contribution in [-0.4, -0.2) is 34.8 Å². The van der Waals surface area contributed by atoms with Crippen molar-refractivity contribution in [3.63, 3.8) is 0 Å². The number of nitrogens with one attached hydrogen (secondary N) is 1. The number of amides is 1. The van der Waals surface area contributed by atoms with E-state index in [9.17, 15) is 9.59 Å². The first-order valence-corrected chi connectivity index (χ1v) is 9.68. The standard InChI is InChI=1S/C21H26ClN3O3/c1-4-5-12-23-19(26)14-28-20(27)11-10-18-16(3)24-25(21(18)22)13-17-8-6-15(2)7-9-17/h6-11H,4-5,12-14H2,1-3H3,(H,23,26)/b11-10+. The fraction of sp³-hybridized carbons (Fsp3) is 0.381. The van der Waals surface area contributed by atoms with Crippen molar-refractivity contribution in [3.8, 4) is 0 Å². The molecule has 28 heavy (non-hydrogen) atoms. The smallest absolute Gasteiger partial charge is 0.331 e. The van der Waals surface area contributed by atoms with Crippen LogP contribution in [0.2, 0.25) is 5.15 Å². The van der Waals surface area contributed by atoms with Crippen molar-refractivity contribution in [3.05, 3.63) is 57.9 Å². The summed E-state index contributed by atoms with van der Waals surface area (Å²) in [4.78, 5) is 23.4. The van der Waals surface area contributed by atoms with E-state index in [0.29, 0.717) is 29.5 Å². The molecule has 0 atom stereocenters. The van der Waals surface area contributed by atoms with Gasteiger partial charge in [-0.2, -0.15) is 5.10 Å². The molecule has 7 heteroatoms. The Labute approximate surface area is 170 Å². The molecule has 0 aliphatic carbocycles. The lowest BCUT2D eigenvalue weighted by atomic mass is 10.1. The maximum Gasteiger partial charge on any atom is 0.331 e. The molecule has 2 rings (SSSR count). The number of benzene rings is 1. The Hall–Kier alpha value is -2.60. The molecule has 0 saturated heterocycles. The van der Waals surface area contributed by atoms with Crippen molar-refractivity contribution in [1.82, 2.24) is 15.1 Å². The highest BCUT2D eigenvalue weighted by atomic mass is 35.5. The molecule has 0 bridgehead atoms. The van der Waals surface area contributed by atoms with E-state index < -0.39 is 5.97 Å². The minimum absolute atomic E-state index is 0.299. The van der Waals surface area contributed by atoms with E-state index in [4.69, 9.17) is 16.3 Å². The second kappa shape index (κ2) is 10.7. The van der Waals surface area contributed by atoms with Gasteiger partial charge in [0.25, 0.3) is 5.91 Å². The van der Waals surface area contributed by atoms with Crippen LogP contribution in [0.1, 0.15) is 42.1 Å². The molecule has 1 aromatic carbocycles. The van der Waals surface area contributed by atoms with E-state index in [0.717, 1.165) is 18.4 Å². The van der Waals surface area contributed by atoms with Crippen LogP contribution in [0.3, 0.4) is 0 Å². The van der Waals surface area contributed by atoms with Crippen LogP contribution < -0.4 is 5.32 Å². The number of hydrogen-bond acceptors (Lipinski definition) is 4. The number of carbonyl (C=O) groups is 2. The summed E-state index contributed by atoms with van der Waals surface area (Å²) < 4.78 is 6.63. The summed E-state index contributed by atoms with van der Waals surface area (Å²) >= 11 is 6.43. The Morgan fingerprint density at radius 3 is 2.64 bits per heavy atom. The minimum atomic E-state index is -0.604. The summed E-state index contributed by atoms with van der Waals surface area (Å²) in [5.74, 6) is -0.914. The number of unbranched alkanes of at least 4 members (excludes halogenated alkanes) is 1. The highest BCUT2D eigenvalue weighted by molar-refractivity contribution is 6.31. The van der Waals surface area contributed by atoms with E-state index in [1.807, 2.05) is 45.0 Å². The van der Waals surface area contributed by atoms with Crippen LogP contribution in [0.25, 0.3) is 6.08 Å². The molecule has 6 nitrogen and oxygen atoms in total. The second-order valence-electron chi connectivity index (χ2n) is 6.58. The number of esters is 1. The summed E-state index contributed by atoms with van der Waals surface area (Å²) in [6.07, 6.45) is 4.70. The first kappa shape index (κ1) is 21.7. The molecule has 0 saturated carbocycles. The van der Waals surface area contributed by atoms with Crippen molar-refractivity contribution >= 4 is 29.6 Å². The van der Waals surface area contributed by atoms with Crippen LogP contribution in [0.15, 0.2) is 30.3 Å². The van der Waals surface area contributed by atoms with Gasteiger partial charge in [-0.25, -0.2) is 9.48 Å². The second-order valence-corrected chi connectivity index (χ2v) is 6.94. The van der Waals surface area contributed by atoms with Crippen LogP contribution >= 0.6 is 11.6 Å². The summed E-state index contributed by atoms with van der Waals surface area (Å²) in [7, 11) is 0. The number of carbonyl (C=O) groups excluding carboxylic acids is 2. The number of rotatable bonds is 9. The molecule has 0 unspecified atom stereocenters. The molecular weight excluding hydrogens is 378 g/mol. The molecule has 1 heterocycles. The van der Waals surface area contributed by atoms with Gasteiger partial charge < -0.3 is 10.1 Å². The van der Waals surface area contributed by atoms with Crippen LogP contribution in [0.4, 0.5) is 0 Å². The quantitative estimate of drug-likeness (QED) is 0.394. The molecular formula is C21H26ClN3O3. The van der Waals surface area contributed by atoms with Crippen molar-refractivity contribution in [1.29, 1.82) is 0 Å². The number of aromatic nitrogens is 2. The van der Waals surface area contributed by atoms with Crippen LogP contribution in [0, 0.1) is 13.8 Å². The fourth-order valence-corrected chi connectivity index (χ4v) is 2.82. The number of halogens is 1. The molecule has 0 radical (unpaired) electrons. The van der Waals surface area contributed by atoms with Gasteiger partial charge in [-0.05, 0) is 31.9 Å². The van der Waals surface area contributed by atoms with Gasteiger partial charge in [0, 0.05) is 18.2 Å². The predicted octanol–water partition coefficient (Wildman–Crippen LogP) is 3.67. The highest BCUT2D eigenvalue weighted by Crippen LogP contribution is 2.22. The van der Waals surface area contributed by atoms with Gasteiger partial charge in [0.05, 0.1) is 12.2 Å². The van der Waals surface area contributed by atoms with Crippen molar-refractivity contribution in [2.24, 2.45) is 0 Å². The molecule has 0 spiro atoms. The van der Waals surface area contributed by atoms with Gasteiger partial charge in [-0.1, -0.05) is 54.8 Å². The van der Waals surface area contributed by atoms with E-state index in [1.165, 1.54) is 11.6 Å². The molecule has 1 aromatic heterocycles. The van der Waals surface area contributed by atoms with Crippen molar-refractivity contribution < 1.29 is 14.3 Å². The van der Waals surface area contributed by atoms with Gasteiger partial charge in [0.15, 0.2) is 6.61 Å². The number of ether oxygens (including phenoxy) is 1. The van der Waals surface area contributed by atoms with E-state index in [2.05, 4.69) is 10.4 Å². The molecule has 0 aliphatic heterocycles. The van der Waals surface area contributed by atoms with Crippen molar-refractivity contribution in [2.75, 3.05) is 13.2 Å². The average molecular weight is 404 g/mol. The molecule has 1 amide bonds. The first-order valence-electron chi connectivity index (χ1n) is 9.30. The highest BCUT2D eigenvalue weighted by Gasteiger charge is 2.12. The lowest BCUT2D eigenvalue weighted by Crippen LogP contribution is -2.29. The Bertz CT molecular complexity index is 841. The van der Waals surface area contributed by atoms with Gasteiger partial charge in [0.2, 0.25) is 0 Å². The first-order chi connectivity index (χ1) is 13.4. The zero-order valence-electron chi connectivity index (χ0n) is 16.5. The Balaban J connectivity index is 1.94. The van der Waals surface area contributed by atoms with Crippen molar-refractivity contribution in [2.45, 2.75) is 40.2 Å². The maximum atomic E-state index is 11.8. The van der Waals surface area contributed by atoms with Gasteiger partial charge in [-0.15, -0.1) is 0 Å². The van der Waals surface area contributed by atoms with Gasteiger partial charge in [0.1, 0.15) is 5.15 Å². The monoisotopic (exact) mass is 403 g/mol. The lowest BCUT2D eigenvalue weighted by molar-refractivity contribution is -0.143. The zero-order valence-corrected chi connectivity index (χ0v) is 17.3. The Kier molecular flexibility index (Phi) is 8.26. The maximum absolute atomic E-state index is 11.8. The lowest BCUT2D eigenvalue weighted by Gasteiger charge is -2.04. The largest absolute Gasteiger partial charge is 0.452 e. The normalized spacial score (nSPS) is 11.0. The third-order valence-electron chi connectivity index (χ3n) is 4.15. The third-order valence-corrected chi connectivity index (χ3v) is 4.55. The van der Waals surface area contributed by atoms with E-state index in [1.54, 1.807) is 10.8 Å². The molecule has 0 fully saturated rings. The Morgan fingerprint density at radius 1 is 1.25 bits per heavy atom. The summed E-state index contributed by atoms with van der Waals surface area (Å²) in [6, 6.07) is 8.13. The Morgan fingerprint density at radius 2 is 1.96 bits per heavy atom. The topological polar surface area (TPSA) is 73.2 Å². The molecule has 1 N–H and O–H groups in total. The van der Waals surface area contributed by atoms with E-state index in [-0.39, 0.29) is 12.5 Å². The number of hydrogen-bond donors (Lipinski definition) is 1. The summed E-state index contributed by atoms with van der Waals surface area (Å²) in [5, 5.41) is 7.57. The van der Waals surface area contributed by atoms with Crippen LogP contribution in [-0.2, 0) is 20.9 Å². The fourth-order valence-electron chi connectivity index (χ4n) is 2.52. The van der Waals surface area contributed by atoms with Gasteiger partial charge >= 0.3 is 5.97 Å². The number of nitrogens with zero attached hydrogens (tertiary/aromatic N) is 2. The molecule has 150 valence electrons. The SMILES string of the molecule is CCCCNC(=O)COC(=O)/C=C/c1c(C)nn(Cc2ccc(C)cc2)c1Cl. The third kappa shape index (κ3) is 6.53. The minimum Gasteiger partial charge on any atom is -0.452 e.